The van der Waals surface area contributed by atoms with E-state index in [9.17, 15) is 0 Å². The van der Waals surface area contributed by atoms with Gasteiger partial charge in [0, 0.05) is 0 Å². The Labute approximate surface area is 112 Å². The summed E-state index contributed by atoms with van der Waals surface area (Å²) >= 11 is 0. The highest BCUT2D eigenvalue weighted by atomic mass is 14.1. The minimum atomic E-state index is 1.07. The van der Waals surface area contributed by atoms with Gasteiger partial charge in [-0.15, -0.1) is 0 Å². The molecule has 2 aromatic carbocycles. The predicted molar refractivity (Wildman–Crippen MR) is 79.9 cm³/mol. The van der Waals surface area contributed by atoms with E-state index in [4.69, 9.17) is 0 Å². The Kier molecular flexibility index (Phi) is 2.25. The van der Waals surface area contributed by atoms with Crippen LogP contribution in [-0.4, -0.2) is 0 Å². The number of hydrogen-bond donors (Lipinski definition) is 0. The second-order valence-electron chi connectivity index (χ2n) is 5.45. The van der Waals surface area contributed by atoms with Crippen LogP contribution >= 0.6 is 0 Å². The fraction of sp³-hybridized carbons (Fsp3) is 0.158. The van der Waals surface area contributed by atoms with E-state index in [2.05, 4.69) is 61.5 Å². The van der Waals surface area contributed by atoms with Crippen LogP contribution in [0.4, 0.5) is 0 Å². The summed E-state index contributed by atoms with van der Waals surface area (Å²) in [6.07, 6.45) is 9.15. The topological polar surface area (TPSA) is 0 Å². The van der Waals surface area contributed by atoms with Crippen molar-refractivity contribution in [2.75, 3.05) is 0 Å². The molecule has 0 aromatic heterocycles. The molecule has 92 valence electrons. The van der Waals surface area contributed by atoms with E-state index < -0.39 is 0 Å². The maximum absolute atomic E-state index is 2.36. The maximum atomic E-state index is 2.36. The van der Waals surface area contributed by atoms with Gasteiger partial charge < -0.3 is 0 Å². The fourth-order valence-electron chi connectivity index (χ4n) is 3.27. The molecule has 2 aliphatic rings. The molecule has 2 aliphatic carbocycles. The molecular weight excluding hydrogens is 228 g/mol. The van der Waals surface area contributed by atoms with Gasteiger partial charge in [-0.2, -0.15) is 0 Å². The minimum absolute atomic E-state index is 1.07. The monoisotopic (exact) mass is 244 g/mol. The third-order valence-electron chi connectivity index (χ3n) is 4.26. The van der Waals surface area contributed by atoms with Crippen LogP contribution in [0, 0.1) is 10.4 Å². The third kappa shape index (κ3) is 1.60. The zero-order valence-electron chi connectivity index (χ0n) is 11.1. The van der Waals surface area contributed by atoms with Crippen molar-refractivity contribution in [2.45, 2.75) is 19.8 Å². The van der Waals surface area contributed by atoms with E-state index >= 15 is 0 Å². The van der Waals surface area contributed by atoms with Gasteiger partial charge in [0.1, 0.15) is 0 Å². The molecule has 0 N–H and O–H groups in total. The summed E-state index contributed by atoms with van der Waals surface area (Å²) in [5.74, 6) is 0. The summed E-state index contributed by atoms with van der Waals surface area (Å²) in [7, 11) is 0. The van der Waals surface area contributed by atoms with E-state index in [0.29, 0.717) is 0 Å². The smallest absolute Gasteiger partial charge is 0.00790 e. The molecule has 0 atom stereocenters. The fourth-order valence-corrected chi connectivity index (χ4v) is 3.27. The molecule has 0 bridgehead atoms. The second kappa shape index (κ2) is 3.96. The summed E-state index contributed by atoms with van der Waals surface area (Å²) in [6.45, 7) is 2.18. The lowest BCUT2D eigenvalue weighted by atomic mass is 9.89. The molecule has 2 aromatic rings. The van der Waals surface area contributed by atoms with Crippen molar-refractivity contribution >= 4 is 12.2 Å². The zero-order chi connectivity index (χ0) is 12.8. The number of allylic oxidation sites excluding steroid dienone is 2. The first kappa shape index (κ1) is 10.8. The average Bonchev–Trinajstić information content (AvgIpc) is 2.46. The molecule has 0 aliphatic heterocycles. The van der Waals surface area contributed by atoms with Gasteiger partial charge in [-0.25, -0.2) is 0 Å². The Bertz CT molecular complexity index is 911. The summed E-state index contributed by atoms with van der Waals surface area (Å²) in [5, 5.41) is 5.60. The third-order valence-corrected chi connectivity index (χ3v) is 4.26. The molecule has 19 heavy (non-hydrogen) atoms. The standard InChI is InChI=1S/C19H16/c1-13-6-9-17-15(12-13)8-11-18-16-5-3-2-4-14(16)7-10-19(17)18/h2-8,11-12H,9-10H2,1H3. The highest BCUT2D eigenvalue weighted by Crippen LogP contribution is 2.16. The number of rotatable bonds is 0. The Morgan fingerprint density at radius 1 is 0.737 bits per heavy atom. The van der Waals surface area contributed by atoms with Crippen LogP contribution in [0.1, 0.15) is 18.1 Å². The maximum Gasteiger partial charge on any atom is -0.00790 e. The van der Waals surface area contributed by atoms with Gasteiger partial charge in [0.15, 0.2) is 0 Å². The highest BCUT2D eigenvalue weighted by molar-refractivity contribution is 5.55. The number of benzene rings is 2. The lowest BCUT2D eigenvalue weighted by Gasteiger charge is -2.15. The molecule has 0 saturated carbocycles. The van der Waals surface area contributed by atoms with Crippen LogP contribution in [0.5, 0.6) is 0 Å². The lowest BCUT2D eigenvalue weighted by Crippen LogP contribution is -2.19. The van der Waals surface area contributed by atoms with Crippen LogP contribution in [0.25, 0.3) is 12.2 Å². The van der Waals surface area contributed by atoms with Gasteiger partial charge in [-0.3, -0.25) is 0 Å². The van der Waals surface area contributed by atoms with E-state index in [1.54, 1.807) is 0 Å². The van der Waals surface area contributed by atoms with Crippen molar-refractivity contribution in [3.05, 3.63) is 80.0 Å². The Morgan fingerprint density at radius 3 is 2.53 bits per heavy atom. The van der Waals surface area contributed by atoms with Gasteiger partial charge in [0.2, 0.25) is 0 Å². The summed E-state index contributed by atoms with van der Waals surface area (Å²) in [5.41, 5.74) is 4.43. The quantitative estimate of drug-likeness (QED) is 0.668. The number of fused-ring (bicyclic) bond motifs is 4. The van der Waals surface area contributed by atoms with E-state index in [0.717, 1.165) is 12.8 Å². The van der Waals surface area contributed by atoms with Crippen LogP contribution in [0.15, 0.2) is 48.0 Å². The first-order valence-corrected chi connectivity index (χ1v) is 6.92. The van der Waals surface area contributed by atoms with Gasteiger partial charge in [0.05, 0.1) is 0 Å². The van der Waals surface area contributed by atoms with Crippen molar-refractivity contribution in [1.29, 1.82) is 0 Å². The van der Waals surface area contributed by atoms with Crippen molar-refractivity contribution in [1.82, 2.24) is 0 Å². The van der Waals surface area contributed by atoms with Gasteiger partial charge in [0.25, 0.3) is 0 Å². The molecule has 0 amide bonds. The minimum Gasteiger partial charge on any atom is -0.0771 e. The van der Waals surface area contributed by atoms with Crippen LogP contribution in [0.3, 0.4) is 0 Å². The largest absolute Gasteiger partial charge is 0.0771 e. The van der Waals surface area contributed by atoms with Crippen molar-refractivity contribution in [2.24, 2.45) is 0 Å². The molecule has 0 nitrogen and oxygen atoms in total. The molecule has 0 saturated heterocycles. The highest BCUT2D eigenvalue weighted by Gasteiger charge is 2.10. The first-order chi connectivity index (χ1) is 9.33. The predicted octanol–water partition coefficient (Wildman–Crippen LogP) is 2.59. The Balaban J connectivity index is 2.20. The van der Waals surface area contributed by atoms with Crippen LogP contribution in [-0.2, 0) is 12.8 Å². The van der Waals surface area contributed by atoms with E-state index in [1.165, 1.54) is 37.6 Å². The first-order valence-electron chi connectivity index (χ1n) is 6.92. The molecular formula is C19H16. The summed E-state index contributed by atoms with van der Waals surface area (Å²) in [4.78, 5) is 0. The van der Waals surface area contributed by atoms with Crippen LogP contribution in [0.2, 0.25) is 0 Å². The average molecular weight is 244 g/mol. The summed E-state index contributed by atoms with van der Waals surface area (Å²) in [6, 6.07) is 13.3. The van der Waals surface area contributed by atoms with Crippen molar-refractivity contribution in [3.8, 4) is 0 Å². The van der Waals surface area contributed by atoms with E-state index in [-0.39, 0.29) is 0 Å². The van der Waals surface area contributed by atoms with Gasteiger partial charge in [-0.05, 0) is 51.8 Å². The molecule has 0 heteroatoms. The molecule has 0 heterocycles. The van der Waals surface area contributed by atoms with Gasteiger partial charge >= 0.3 is 0 Å². The molecule has 4 rings (SSSR count). The number of hydrogen-bond acceptors (Lipinski definition) is 0. The van der Waals surface area contributed by atoms with Crippen LogP contribution < -0.4 is 10.4 Å². The van der Waals surface area contributed by atoms with Gasteiger partial charge in [-0.1, -0.05) is 60.2 Å². The lowest BCUT2D eigenvalue weighted by molar-refractivity contribution is 1.09. The molecule has 0 radical (unpaired) electrons. The Morgan fingerprint density at radius 2 is 1.58 bits per heavy atom. The zero-order valence-corrected chi connectivity index (χ0v) is 11.1. The Hall–Kier alpha value is -2.08. The molecule has 0 fully saturated rings. The second-order valence-corrected chi connectivity index (χ2v) is 5.45. The molecule has 0 unspecified atom stereocenters. The van der Waals surface area contributed by atoms with E-state index in [1.807, 2.05) is 0 Å². The molecule has 0 spiro atoms. The van der Waals surface area contributed by atoms with Crippen molar-refractivity contribution < 1.29 is 0 Å². The SMILES string of the molecule is CC1=CCc2c3c(ccc2=C1)=c1ccccc1=CC3. The van der Waals surface area contributed by atoms with Crippen molar-refractivity contribution in [3.63, 3.8) is 0 Å². The summed E-state index contributed by atoms with van der Waals surface area (Å²) < 4.78 is 0. The normalized spacial score (nSPS) is 15.3.